The molecule has 0 radical (unpaired) electrons. The van der Waals surface area contributed by atoms with E-state index < -0.39 is 0 Å². The summed E-state index contributed by atoms with van der Waals surface area (Å²) in [5, 5.41) is 0.388. The predicted molar refractivity (Wildman–Crippen MR) is 65.9 cm³/mol. The maximum atomic E-state index is 5.97. The van der Waals surface area contributed by atoms with Gasteiger partial charge in [-0.3, -0.25) is 4.90 Å². The second-order valence-electron chi connectivity index (χ2n) is 4.80. The standard InChI is InChI=1S/C12H18ClN3/c1-7(2)11-10-8(3)16(4)6-5-9(10)14-12(13)15-11/h7-8H,5-6H2,1-4H3. The fraction of sp³-hybridized carbons (Fsp3) is 0.667. The van der Waals surface area contributed by atoms with Crippen LogP contribution in [-0.2, 0) is 6.42 Å². The zero-order valence-corrected chi connectivity index (χ0v) is 11.0. The summed E-state index contributed by atoms with van der Waals surface area (Å²) >= 11 is 5.97. The van der Waals surface area contributed by atoms with Crippen LogP contribution in [0.25, 0.3) is 0 Å². The molecule has 88 valence electrons. The maximum absolute atomic E-state index is 5.97. The third kappa shape index (κ3) is 1.94. The minimum atomic E-state index is 0.387. The third-order valence-corrected chi connectivity index (χ3v) is 3.52. The van der Waals surface area contributed by atoms with Gasteiger partial charge in [-0.1, -0.05) is 13.8 Å². The van der Waals surface area contributed by atoms with Gasteiger partial charge in [-0.15, -0.1) is 0 Å². The minimum absolute atomic E-state index is 0.387. The summed E-state index contributed by atoms with van der Waals surface area (Å²) in [5.41, 5.74) is 3.52. The Kier molecular flexibility index (Phi) is 3.17. The Morgan fingerprint density at radius 2 is 2.06 bits per heavy atom. The van der Waals surface area contributed by atoms with Gasteiger partial charge >= 0.3 is 0 Å². The first-order valence-corrected chi connectivity index (χ1v) is 6.15. The van der Waals surface area contributed by atoms with Crippen molar-refractivity contribution in [1.82, 2.24) is 14.9 Å². The Bertz CT molecular complexity index is 403. The molecule has 3 nitrogen and oxygen atoms in total. The van der Waals surface area contributed by atoms with Gasteiger partial charge in [-0.2, -0.15) is 0 Å². The number of rotatable bonds is 1. The highest BCUT2D eigenvalue weighted by atomic mass is 35.5. The van der Waals surface area contributed by atoms with Crippen LogP contribution in [0.3, 0.4) is 0 Å². The number of hydrogen-bond acceptors (Lipinski definition) is 3. The maximum Gasteiger partial charge on any atom is 0.222 e. The molecule has 1 aliphatic heterocycles. The highest BCUT2D eigenvalue weighted by Crippen LogP contribution is 2.33. The lowest BCUT2D eigenvalue weighted by Gasteiger charge is -2.33. The second-order valence-corrected chi connectivity index (χ2v) is 5.14. The number of fused-ring (bicyclic) bond motifs is 1. The SMILES string of the molecule is CC(C)c1nc(Cl)nc2c1C(C)N(C)CC2. The van der Waals surface area contributed by atoms with E-state index in [-0.39, 0.29) is 0 Å². The lowest BCUT2D eigenvalue weighted by atomic mass is 9.92. The summed E-state index contributed by atoms with van der Waals surface area (Å²) in [4.78, 5) is 11.1. The lowest BCUT2D eigenvalue weighted by Crippen LogP contribution is -2.32. The molecule has 0 aliphatic carbocycles. The summed E-state index contributed by atoms with van der Waals surface area (Å²) in [6.07, 6.45) is 0.970. The molecule has 1 aromatic rings. The fourth-order valence-electron chi connectivity index (χ4n) is 2.29. The number of hydrogen-bond donors (Lipinski definition) is 0. The van der Waals surface area contributed by atoms with Crippen LogP contribution in [0, 0.1) is 0 Å². The molecule has 16 heavy (non-hydrogen) atoms. The Labute approximate surface area is 102 Å². The summed E-state index contributed by atoms with van der Waals surface area (Å²) in [7, 11) is 2.15. The Morgan fingerprint density at radius 1 is 1.38 bits per heavy atom. The van der Waals surface area contributed by atoms with E-state index in [0.29, 0.717) is 17.2 Å². The molecule has 2 rings (SSSR count). The minimum Gasteiger partial charge on any atom is -0.299 e. The highest BCUT2D eigenvalue weighted by molar-refractivity contribution is 6.28. The molecule has 2 heterocycles. The zero-order chi connectivity index (χ0) is 11.9. The largest absolute Gasteiger partial charge is 0.299 e. The van der Waals surface area contributed by atoms with Crippen molar-refractivity contribution in [2.24, 2.45) is 0 Å². The van der Waals surface area contributed by atoms with Gasteiger partial charge in [0.05, 0.1) is 11.4 Å². The topological polar surface area (TPSA) is 29.0 Å². The average molecular weight is 240 g/mol. The van der Waals surface area contributed by atoms with Crippen molar-refractivity contribution in [2.75, 3.05) is 13.6 Å². The first-order valence-electron chi connectivity index (χ1n) is 5.77. The van der Waals surface area contributed by atoms with Gasteiger partial charge in [0.15, 0.2) is 0 Å². The van der Waals surface area contributed by atoms with Gasteiger partial charge in [-0.25, -0.2) is 9.97 Å². The van der Waals surface area contributed by atoms with Crippen molar-refractivity contribution in [1.29, 1.82) is 0 Å². The molecule has 0 bridgehead atoms. The number of aromatic nitrogens is 2. The Hall–Kier alpha value is -0.670. The van der Waals surface area contributed by atoms with Crippen molar-refractivity contribution < 1.29 is 0 Å². The molecule has 1 atom stereocenters. The normalized spacial score (nSPS) is 21.2. The van der Waals surface area contributed by atoms with Gasteiger partial charge in [0.1, 0.15) is 0 Å². The summed E-state index contributed by atoms with van der Waals surface area (Å²) < 4.78 is 0. The summed E-state index contributed by atoms with van der Waals surface area (Å²) in [5.74, 6) is 0.392. The highest BCUT2D eigenvalue weighted by Gasteiger charge is 2.27. The summed E-state index contributed by atoms with van der Waals surface area (Å²) in [6, 6.07) is 0.387. The molecule has 0 fully saturated rings. The van der Waals surface area contributed by atoms with Crippen LogP contribution in [-0.4, -0.2) is 28.5 Å². The van der Waals surface area contributed by atoms with Crippen LogP contribution in [0.15, 0.2) is 0 Å². The van der Waals surface area contributed by atoms with Gasteiger partial charge < -0.3 is 0 Å². The average Bonchev–Trinajstić information content (AvgIpc) is 2.22. The van der Waals surface area contributed by atoms with Gasteiger partial charge in [0.2, 0.25) is 5.28 Å². The fourth-order valence-corrected chi connectivity index (χ4v) is 2.48. The zero-order valence-electron chi connectivity index (χ0n) is 10.3. The van der Waals surface area contributed by atoms with Crippen LogP contribution in [0.2, 0.25) is 5.28 Å². The molecule has 0 amide bonds. The number of likely N-dealkylation sites (N-methyl/N-ethyl adjacent to an activating group) is 1. The third-order valence-electron chi connectivity index (χ3n) is 3.35. The van der Waals surface area contributed by atoms with E-state index in [1.54, 1.807) is 0 Å². The smallest absolute Gasteiger partial charge is 0.222 e. The monoisotopic (exact) mass is 239 g/mol. The first kappa shape index (κ1) is 11.8. The molecular formula is C12H18ClN3. The van der Waals surface area contributed by atoms with Crippen LogP contribution in [0.5, 0.6) is 0 Å². The molecule has 4 heteroatoms. The Balaban J connectivity index is 2.58. The Morgan fingerprint density at radius 3 is 2.69 bits per heavy atom. The molecule has 1 unspecified atom stereocenters. The van der Waals surface area contributed by atoms with E-state index in [1.807, 2.05) is 0 Å². The van der Waals surface area contributed by atoms with E-state index in [0.717, 1.165) is 24.4 Å². The van der Waals surface area contributed by atoms with Crippen molar-refractivity contribution in [2.45, 2.75) is 39.2 Å². The molecule has 0 N–H and O–H groups in total. The van der Waals surface area contributed by atoms with Crippen molar-refractivity contribution in [3.8, 4) is 0 Å². The van der Waals surface area contributed by atoms with E-state index in [4.69, 9.17) is 11.6 Å². The van der Waals surface area contributed by atoms with E-state index in [2.05, 4.69) is 42.7 Å². The van der Waals surface area contributed by atoms with Gasteiger partial charge in [0.25, 0.3) is 0 Å². The van der Waals surface area contributed by atoms with Gasteiger partial charge in [-0.05, 0) is 31.5 Å². The van der Waals surface area contributed by atoms with Crippen LogP contribution in [0.4, 0.5) is 0 Å². The van der Waals surface area contributed by atoms with Gasteiger partial charge in [0, 0.05) is 24.6 Å². The van der Waals surface area contributed by atoms with Crippen LogP contribution in [0.1, 0.15) is 49.7 Å². The van der Waals surface area contributed by atoms with Crippen molar-refractivity contribution in [3.05, 3.63) is 22.2 Å². The van der Waals surface area contributed by atoms with Crippen LogP contribution >= 0.6 is 11.6 Å². The van der Waals surface area contributed by atoms with Crippen LogP contribution < -0.4 is 0 Å². The summed E-state index contributed by atoms with van der Waals surface area (Å²) in [6.45, 7) is 7.56. The van der Waals surface area contributed by atoms with E-state index in [9.17, 15) is 0 Å². The molecule has 0 saturated heterocycles. The lowest BCUT2D eigenvalue weighted by molar-refractivity contribution is 0.242. The molecular weight excluding hydrogens is 222 g/mol. The molecule has 0 saturated carbocycles. The quantitative estimate of drug-likeness (QED) is 0.706. The first-order chi connectivity index (χ1) is 7.50. The van der Waals surface area contributed by atoms with E-state index >= 15 is 0 Å². The second kappa shape index (κ2) is 4.30. The molecule has 0 aromatic carbocycles. The van der Waals surface area contributed by atoms with E-state index in [1.165, 1.54) is 5.56 Å². The molecule has 0 spiro atoms. The molecule has 1 aliphatic rings. The van der Waals surface area contributed by atoms with Crippen molar-refractivity contribution >= 4 is 11.6 Å². The van der Waals surface area contributed by atoms with Crippen molar-refractivity contribution in [3.63, 3.8) is 0 Å². The number of halogens is 1. The number of nitrogens with zero attached hydrogens (tertiary/aromatic N) is 3. The molecule has 1 aromatic heterocycles. The predicted octanol–water partition coefficient (Wildman–Crippen LogP) is 2.80.